The van der Waals surface area contributed by atoms with Gasteiger partial charge in [0.2, 0.25) is 5.91 Å². The fourth-order valence-electron chi connectivity index (χ4n) is 1.60. The van der Waals surface area contributed by atoms with Crippen LogP contribution in [0.2, 0.25) is 0 Å². The normalized spacial score (nSPS) is 23.2. The summed E-state index contributed by atoms with van der Waals surface area (Å²) >= 11 is 0. The van der Waals surface area contributed by atoms with Crippen LogP contribution in [0.15, 0.2) is 0 Å². The highest BCUT2D eigenvalue weighted by molar-refractivity contribution is 5.76. The molecule has 100 valence electrons. The SMILES string of the molecule is CC(CNC(=O)CC1CNCCO1)C(C)(C)C. The average Bonchev–Trinajstić information content (AvgIpc) is 2.26. The predicted octanol–water partition coefficient (Wildman–Crippen LogP) is 1.16. The monoisotopic (exact) mass is 242 g/mol. The molecule has 0 radical (unpaired) electrons. The smallest absolute Gasteiger partial charge is 0.222 e. The first-order valence-electron chi connectivity index (χ1n) is 6.48. The molecule has 1 heterocycles. The van der Waals surface area contributed by atoms with E-state index in [4.69, 9.17) is 4.74 Å². The van der Waals surface area contributed by atoms with Crippen molar-refractivity contribution in [3.63, 3.8) is 0 Å². The lowest BCUT2D eigenvalue weighted by Crippen LogP contribution is -2.42. The Kier molecular flexibility index (Phi) is 5.40. The van der Waals surface area contributed by atoms with E-state index in [-0.39, 0.29) is 17.4 Å². The molecule has 1 amide bonds. The number of amides is 1. The number of carbonyl (C=O) groups excluding carboxylic acids is 1. The van der Waals surface area contributed by atoms with Gasteiger partial charge in [-0.05, 0) is 11.3 Å². The first-order valence-corrected chi connectivity index (χ1v) is 6.48. The van der Waals surface area contributed by atoms with Crippen molar-refractivity contribution in [3.8, 4) is 0 Å². The fraction of sp³-hybridized carbons (Fsp3) is 0.923. The summed E-state index contributed by atoms with van der Waals surface area (Å²) in [5, 5.41) is 6.21. The van der Waals surface area contributed by atoms with Crippen LogP contribution >= 0.6 is 0 Å². The van der Waals surface area contributed by atoms with Gasteiger partial charge in [0.1, 0.15) is 0 Å². The van der Waals surface area contributed by atoms with Gasteiger partial charge in [0.25, 0.3) is 0 Å². The number of rotatable bonds is 4. The number of hydrogen-bond donors (Lipinski definition) is 2. The summed E-state index contributed by atoms with van der Waals surface area (Å²) in [7, 11) is 0. The molecule has 0 saturated carbocycles. The van der Waals surface area contributed by atoms with Gasteiger partial charge in [0.15, 0.2) is 0 Å². The average molecular weight is 242 g/mol. The number of ether oxygens (including phenoxy) is 1. The van der Waals surface area contributed by atoms with Gasteiger partial charge in [0, 0.05) is 19.6 Å². The molecule has 0 aromatic heterocycles. The molecule has 0 aromatic rings. The van der Waals surface area contributed by atoms with Gasteiger partial charge in [-0.25, -0.2) is 0 Å². The second kappa shape index (κ2) is 6.36. The van der Waals surface area contributed by atoms with Gasteiger partial charge >= 0.3 is 0 Å². The Hall–Kier alpha value is -0.610. The molecule has 0 aliphatic carbocycles. The highest BCUT2D eigenvalue weighted by Crippen LogP contribution is 2.24. The topological polar surface area (TPSA) is 50.4 Å². The Morgan fingerprint density at radius 3 is 2.76 bits per heavy atom. The van der Waals surface area contributed by atoms with Crippen LogP contribution in [0, 0.1) is 11.3 Å². The standard InChI is InChI=1S/C13H26N2O2/c1-10(13(2,3)4)8-15-12(16)7-11-9-14-5-6-17-11/h10-11,14H,5-9H2,1-4H3,(H,15,16). The van der Waals surface area contributed by atoms with E-state index in [1.165, 1.54) is 0 Å². The van der Waals surface area contributed by atoms with E-state index in [2.05, 4.69) is 38.3 Å². The highest BCUT2D eigenvalue weighted by atomic mass is 16.5. The van der Waals surface area contributed by atoms with Gasteiger partial charge in [-0.15, -0.1) is 0 Å². The number of nitrogens with one attached hydrogen (secondary N) is 2. The van der Waals surface area contributed by atoms with Crippen molar-refractivity contribution in [3.05, 3.63) is 0 Å². The third-order valence-corrected chi connectivity index (χ3v) is 3.50. The molecular weight excluding hydrogens is 216 g/mol. The van der Waals surface area contributed by atoms with E-state index in [1.807, 2.05) is 0 Å². The summed E-state index contributed by atoms with van der Waals surface area (Å²) in [6.07, 6.45) is 0.498. The van der Waals surface area contributed by atoms with E-state index < -0.39 is 0 Å². The Morgan fingerprint density at radius 1 is 1.53 bits per heavy atom. The number of carbonyl (C=O) groups is 1. The van der Waals surface area contributed by atoms with Crippen molar-refractivity contribution in [1.29, 1.82) is 0 Å². The largest absolute Gasteiger partial charge is 0.375 e. The Morgan fingerprint density at radius 2 is 2.24 bits per heavy atom. The van der Waals surface area contributed by atoms with Crippen LogP contribution in [0.5, 0.6) is 0 Å². The van der Waals surface area contributed by atoms with Gasteiger partial charge < -0.3 is 15.4 Å². The van der Waals surface area contributed by atoms with Crippen LogP contribution < -0.4 is 10.6 Å². The first-order chi connectivity index (χ1) is 7.89. The molecule has 2 unspecified atom stereocenters. The van der Waals surface area contributed by atoms with E-state index in [9.17, 15) is 4.79 Å². The molecular formula is C13H26N2O2. The summed E-state index contributed by atoms with van der Waals surface area (Å²) in [4.78, 5) is 11.7. The molecule has 4 nitrogen and oxygen atoms in total. The second-order valence-electron chi connectivity index (χ2n) is 5.97. The minimum atomic E-state index is 0.0358. The maximum Gasteiger partial charge on any atom is 0.222 e. The van der Waals surface area contributed by atoms with Gasteiger partial charge in [-0.1, -0.05) is 27.7 Å². The fourth-order valence-corrected chi connectivity index (χ4v) is 1.60. The maximum atomic E-state index is 11.7. The summed E-state index contributed by atoms with van der Waals surface area (Å²) in [5.41, 5.74) is 0.232. The lowest BCUT2D eigenvalue weighted by Gasteiger charge is -2.28. The van der Waals surface area contributed by atoms with Crippen LogP contribution in [0.3, 0.4) is 0 Å². The number of morpholine rings is 1. The molecule has 2 N–H and O–H groups in total. The van der Waals surface area contributed by atoms with E-state index in [1.54, 1.807) is 0 Å². The minimum Gasteiger partial charge on any atom is -0.375 e. The summed E-state index contributed by atoms with van der Waals surface area (Å²) in [5.74, 6) is 0.562. The molecule has 1 aliphatic heterocycles. The van der Waals surface area contributed by atoms with Crippen molar-refractivity contribution >= 4 is 5.91 Å². The minimum absolute atomic E-state index is 0.0358. The zero-order chi connectivity index (χ0) is 12.9. The van der Waals surface area contributed by atoms with Gasteiger partial charge in [-0.2, -0.15) is 0 Å². The molecule has 1 saturated heterocycles. The highest BCUT2D eigenvalue weighted by Gasteiger charge is 2.21. The zero-order valence-electron chi connectivity index (χ0n) is 11.5. The molecule has 0 spiro atoms. The van der Waals surface area contributed by atoms with E-state index in [0.29, 0.717) is 18.9 Å². The molecule has 1 aliphatic rings. The molecule has 17 heavy (non-hydrogen) atoms. The summed E-state index contributed by atoms with van der Waals surface area (Å²) in [6.45, 7) is 11.9. The van der Waals surface area contributed by atoms with Crippen molar-refractivity contribution in [1.82, 2.24) is 10.6 Å². The van der Waals surface area contributed by atoms with Gasteiger partial charge in [-0.3, -0.25) is 4.79 Å². The molecule has 1 fully saturated rings. The third-order valence-electron chi connectivity index (χ3n) is 3.50. The van der Waals surface area contributed by atoms with Crippen molar-refractivity contribution in [2.75, 3.05) is 26.2 Å². The third kappa shape index (κ3) is 5.50. The van der Waals surface area contributed by atoms with Crippen molar-refractivity contribution in [2.24, 2.45) is 11.3 Å². The lowest BCUT2D eigenvalue weighted by molar-refractivity contribution is -0.124. The molecule has 4 heteroatoms. The second-order valence-corrected chi connectivity index (χ2v) is 5.97. The van der Waals surface area contributed by atoms with E-state index >= 15 is 0 Å². The van der Waals surface area contributed by atoms with Crippen molar-refractivity contribution in [2.45, 2.75) is 40.2 Å². The zero-order valence-corrected chi connectivity index (χ0v) is 11.5. The van der Waals surface area contributed by atoms with Crippen LogP contribution in [0.25, 0.3) is 0 Å². The van der Waals surface area contributed by atoms with E-state index in [0.717, 1.165) is 19.6 Å². The Balaban J connectivity index is 2.20. The van der Waals surface area contributed by atoms with Crippen LogP contribution in [-0.2, 0) is 9.53 Å². The van der Waals surface area contributed by atoms with Crippen molar-refractivity contribution < 1.29 is 9.53 Å². The molecule has 2 atom stereocenters. The predicted molar refractivity (Wildman–Crippen MR) is 68.9 cm³/mol. The Labute approximate surface area is 104 Å². The Bertz CT molecular complexity index is 242. The maximum absolute atomic E-state index is 11.7. The van der Waals surface area contributed by atoms with Crippen LogP contribution in [0.4, 0.5) is 0 Å². The lowest BCUT2D eigenvalue weighted by atomic mass is 9.82. The van der Waals surface area contributed by atoms with Crippen LogP contribution in [-0.4, -0.2) is 38.3 Å². The molecule has 0 bridgehead atoms. The first kappa shape index (κ1) is 14.5. The van der Waals surface area contributed by atoms with Crippen LogP contribution in [0.1, 0.15) is 34.1 Å². The summed E-state index contributed by atoms with van der Waals surface area (Å²) < 4.78 is 5.50. The number of hydrogen-bond acceptors (Lipinski definition) is 3. The summed E-state index contributed by atoms with van der Waals surface area (Å²) in [6, 6.07) is 0. The van der Waals surface area contributed by atoms with Gasteiger partial charge in [0.05, 0.1) is 19.1 Å². The molecule has 0 aromatic carbocycles. The quantitative estimate of drug-likeness (QED) is 0.778. The molecule has 1 rings (SSSR count).